The Kier molecular flexibility index (Phi) is 8.94. The van der Waals surface area contributed by atoms with Crippen molar-refractivity contribution in [1.82, 2.24) is 9.88 Å². The summed E-state index contributed by atoms with van der Waals surface area (Å²) in [7, 11) is 1.53. The number of carboxylic acid groups (broad SMARTS) is 1. The molecular weight excluding hydrogens is 517 g/mol. The van der Waals surface area contributed by atoms with Crippen molar-refractivity contribution in [3.05, 3.63) is 65.1 Å². The third kappa shape index (κ3) is 6.26. The van der Waals surface area contributed by atoms with Gasteiger partial charge in [0.2, 0.25) is 0 Å². The van der Waals surface area contributed by atoms with Crippen LogP contribution in [-0.2, 0) is 11.4 Å². The van der Waals surface area contributed by atoms with Crippen molar-refractivity contribution in [3.8, 4) is 11.5 Å². The first kappa shape index (κ1) is 28.6. The summed E-state index contributed by atoms with van der Waals surface area (Å²) in [6, 6.07) is 6.80. The molecule has 1 aliphatic rings. The lowest BCUT2D eigenvalue weighted by atomic mass is 9.74. The molecule has 3 N–H and O–H groups in total. The van der Waals surface area contributed by atoms with Gasteiger partial charge in [0.1, 0.15) is 18.1 Å². The number of likely N-dealkylation sites (tertiary alicyclic amines) is 1. The highest BCUT2D eigenvalue weighted by atomic mass is 19.2. The molecule has 2 aromatic carbocycles. The van der Waals surface area contributed by atoms with Crippen LogP contribution in [-0.4, -0.2) is 64.5 Å². The van der Waals surface area contributed by atoms with E-state index in [1.807, 2.05) is 4.90 Å². The van der Waals surface area contributed by atoms with E-state index in [9.17, 15) is 33.3 Å². The van der Waals surface area contributed by atoms with Gasteiger partial charge in [-0.25, -0.2) is 13.2 Å². The average molecular weight is 549 g/mol. The van der Waals surface area contributed by atoms with Crippen LogP contribution >= 0.6 is 0 Å². The molecule has 0 bridgehead atoms. The van der Waals surface area contributed by atoms with Crippen LogP contribution in [0.5, 0.6) is 11.5 Å². The number of carboxylic acids is 1. The number of pyridine rings is 1. The number of aliphatic hydroxyl groups excluding tert-OH is 2. The monoisotopic (exact) mass is 548 g/mol. The molecule has 11 heteroatoms. The zero-order valence-corrected chi connectivity index (χ0v) is 21.5. The van der Waals surface area contributed by atoms with Gasteiger partial charge in [-0.3, -0.25) is 14.7 Å². The number of carbonyl (C=O) groups is 1. The number of rotatable bonds is 11. The third-order valence-electron chi connectivity index (χ3n) is 7.50. The second-order valence-electron chi connectivity index (χ2n) is 9.77. The molecule has 0 aliphatic carbocycles. The number of aliphatic carboxylic acids is 1. The van der Waals surface area contributed by atoms with Crippen molar-refractivity contribution >= 4 is 16.9 Å². The Balaban J connectivity index is 1.38. The number of nitrogens with zero attached hydrogens (tertiary/aromatic N) is 2. The number of hydrogen-bond acceptors (Lipinski definition) is 7. The molecule has 1 atom stereocenters. The van der Waals surface area contributed by atoms with E-state index < -0.39 is 34.9 Å². The summed E-state index contributed by atoms with van der Waals surface area (Å²) in [5.41, 5.74) is 0.548. The number of halogens is 3. The Morgan fingerprint density at radius 3 is 2.44 bits per heavy atom. The van der Waals surface area contributed by atoms with Crippen LogP contribution in [0.15, 0.2) is 36.5 Å². The molecule has 0 saturated carbocycles. The lowest BCUT2D eigenvalue weighted by Gasteiger charge is -2.39. The molecule has 0 radical (unpaired) electrons. The number of benzene rings is 2. The smallest absolute Gasteiger partial charge is 0.309 e. The fraction of sp³-hybridized carbons (Fsp3) is 0.429. The van der Waals surface area contributed by atoms with E-state index in [1.165, 1.54) is 13.3 Å². The molecule has 3 aromatic rings. The zero-order chi connectivity index (χ0) is 28.2. The number of hydrogen-bond donors (Lipinski definition) is 3. The molecule has 210 valence electrons. The van der Waals surface area contributed by atoms with Gasteiger partial charge in [-0.15, -0.1) is 0 Å². The van der Waals surface area contributed by atoms with Gasteiger partial charge in [-0.2, -0.15) is 0 Å². The van der Waals surface area contributed by atoms with Crippen molar-refractivity contribution in [1.29, 1.82) is 0 Å². The molecule has 4 rings (SSSR count). The fourth-order valence-corrected chi connectivity index (χ4v) is 5.12. The minimum Gasteiger partial charge on any atom is -0.497 e. The van der Waals surface area contributed by atoms with Gasteiger partial charge in [0.15, 0.2) is 17.5 Å². The first-order valence-electron chi connectivity index (χ1n) is 12.6. The Bertz CT molecular complexity index is 1300. The van der Waals surface area contributed by atoms with Crippen molar-refractivity contribution in [2.75, 3.05) is 33.4 Å². The van der Waals surface area contributed by atoms with Gasteiger partial charge in [0, 0.05) is 35.8 Å². The second kappa shape index (κ2) is 12.2. The van der Waals surface area contributed by atoms with Gasteiger partial charge in [0.25, 0.3) is 0 Å². The summed E-state index contributed by atoms with van der Waals surface area (Å²) >= 11 is 0. The van der Waals surface area contributed by atoms with Crippen LogP contribution in [0.25, 0.3) is 10.9 Å². The second-order valence-corrected chi connectivity index (χ2v) is 9.77. The maximum Gasteiger partial charge on any atom is 0.309 e. The van der Waals surface area contributed by atoms with Crippen LogP contribution in [0, 0.1) is 22.9 Å². The average Bonchev–Trinajstić information content (AvgIpc) is 2.94. The third-order valence-corrected chi connectivity index (χ3v) is 7.50. The fourth-order valence-electron chi connectivity index (χ4n) is 5.12. The number of ether oxygens (including phenoxy) is 2. The highest BCUT2D eigenvalue weighted by molar-refractivity contribution is 5.85. The predicted molar refractivity (Wildman–Crippen MR) is 136 cm³/mol. The first-order chi connectivity index (χ1) is 18.7. The van der Waals surface area contributed by atoms with Gasteiger partial charge >= 0.3 is 5.97 Å². The van der Waals surface area contributed by atoms with E-state index in [4.69, 9.17) is 9.47 Å². The van der Waals surface area contributed by atoms with E-state index >= 15 is 0 Å². The molecule has 39 heavy (non-hydrogen) atoms. The Labute approximate surface area is 223 Å². The first-order valence-corrected chi connectivity index (χ1v) is 12.6. The highest BCUT2D eigenvalue weighted by Crippen LogP contribution is 2.40. The normalized spacial score (nSPS) is 16.3. The molecule has 0 unspecified atom stereocenters. The molecule has 1 fully saturated rings. The van der Waals surface area contributed by atoms with Crippen LogP contribution < -0.4 is 9.47 Å². The molecule has 8 nitrogen and oxygen atoms in total. The topological polar surface area (TPSA) is 112 Å². The number of aliphatic hydroxyl groups is 2. The van der Waals surface area contributed by atoms with E-state index in [0.717, 1.165) is 12.1 Å². The Morgan fingerprint density at radius 1 is 1.13 bits per heavy atom. The lowest BCUT2D eigenvalue weighted by molar-refractivity contribution is -0.153. The van der Waals surface area contributed by atoms with Crippen molar-refractivity contribution < 1.29 is 42.8 Å². The SMILES string of the molecule is COc1ccc2ncc(CO)c([C@@H](O)CCC3(C(=O)O)CCN(CCOc4cc(F)c(F)c(F)c4)CC3)c2c1. The summed E-state index contributed by atoms with van der Waals surface area (Å²) in [6.07, 6.45) is 1.56. The largest absolute Gasteiger partial charge is 0.497 e. The summed E-state index contributed by atoms with van der Waals surface area (Å²) in [4.78, 5) is 18.7. The van der Waals surface area contributed by atoms with Crippen molar-refractivity contribution in [2.45, 2.75) is 38.4 Å². The summed E-state index contributed by atoms with van der Waals surface area (Å²) in [5.74, 6) is -4.71. The number of fused-ring (bicyclic) bond motifs is 1. The minimum atomic E-state index is -1.56. The van der Waals surface area contributed by atoms with Gasteiger partial charge in [0.05, 0.1) is 30.8 Å². The molecule has 1 aromatic heterocycles. The Hall–Kier alpha value is -3.41. The van der Waals surface area contributed by atoms with Crippen LogP contribution in [0.2, 0.25) is 0 Å². The van der Waals surface area contributed by atoms with Gasteiger partial charge in [-0.1, -0.05) is 0 Å². The van der Waals surface area contributed by atoms with E-state index in [-0.39, 0.29) is 31.8 Å². The van der Waals surface area contributed by atoms with Crippen molar-refractivity contribution in [2.24, 2.45) is 5.41 Å². The number of aromatic nitrogens is 1. The van der Waals surface area contributed by atoms with Gasteiger partial charge < -0.3 is 24.8 Å². The van der Waals surface area contributed by atoms with Gasteiger partial charge in [-0.05, 0) is 62.5 Å². The zero-order valence-electron chi connectivity index (χ0n) is 21.5. The molecule has 2 heterocycles. The molecule has 1 aliphatic heterocycles. The summed E-state index contributed by atoms with van der Waals surface area (Å²) in [5, 5.41) is 31.8. The van der Waals surface area contributed by atoms with Crippen molar-refractivity contribution in [3.63, 3.8) is 0 Å². The molecule has 1 saturated heterocycles. The number of piperidine rings is 1. The standard InChI is InChI=1S/C28H31F3N2O6/c1-38-18-2-3-23-20(12-18)25(17(16-34)15-32-23)24(35)4-5-28(27(36)37)6-8-33(9-7-28)10-11-39-19-13-21(29)26(31)22(30)14-19/h2-3,12-15,24,34-35H,4-11,16H2,1H3,(H,36,37)/t24-/m0/s1. The molecule has 0 spiro atoms. The summed E-state index contributed by atoms with van der Waals surface area (Å²) in [6.45, 7) is 1.06. The predicted octanol–water partition coefficient (Wildman–Crippen LogP) is 4.21. The Morgan fingerprint density at radius 2 is 1.82 bits per heavy atom. The number of methoxy groups -OCH3 is 1. The molecule has 0 amide bonds. The van der Waals surface area contributed by atoms with E-state index in [0.29, 0.717) is 60.3 Å². The van der Waals surface area contributed by atoms with Crippen LogP contribution in [0.1, 0.15) is 42.9 Å². The minimum absolute atomic E-state index is 0.0891. The van der Waals surface area contributed by atoms with E-state index in [1.54, 1.807) is 18.2 Å². The van der Waals surface area contributed by atoms with Crippen LogP contribution in [0.4, 0.5) is 13.2 Å². The molecular formula is C28H31F3N2O6. The van der Waals surface area contributed by atoms with E-state index in [2.05, 4.69) is 4.98 Å². The quantitative estimate of drug-likeness (QED) is 0.306. The maximum absolute atomic E-state index is 13.4. The maximum atomic E-state index is 13.4. The summed E-state index contributed by atoms with van der Waals surface area (Å²) < 4.78 is 50.5. The van der Waals surface area contributed by atoms with Crippen LogP contribution in [0.3, 0.4) is 0 Å². The lowest BCUT2D eigenvalue weighted by Crippen LogP contribution is -2.45. The highest BCUT2D eigenvalue weighted by Gasteiger charge is 2.41.